The summed E-state index contributed by atoms with van der Waals surface area (Å²) in [5.41, 5.74) is -1.15. The van der Waals surface area contributed by atoms with E-state index in [1.54, 1.807) is 0 Å². The molecule has 1 aromatic heterocycles. The Labute approximate surface area is 71.5 Å². The zero-order chi connectivity index (χ0) is 10.0. The number of carbonyl (C=O) groups is 1. The number of rotatable bonds is 2. The first kappa shape index (κ1) is 9.37. The fourth-order valence-electron chi connectivity index (χ4n) is 0.751. The molecule has 1 aromatic rings. The molecule has 70 valence electrons. The number of hydrogen-bond acceptors (Lipinski definition) is 3. The molecule has 0 fully saturated rings. The highest BCUT2D eigenvalue weighted by Gasteiger charge is 2.15. The second kappa shape index (κ2) is 3.34. The maximum Gasteiger partial charge on any atom is 0.341 e. The van der Waals surface area contributed by atoms with Gasteiger partial charge in [0.05, 0.1) is 0 Å². The third-order valence-corrected chi connectivity index (χ3v) is 1.35. The van der Waals surface area contributed by atoms with Gasteiger partial charge in [-0.25, -0.2) is 18.6 Å². The lowest BCUT2D eigenvalue weighted by Gasteiger charge is -2.01. The molecule has 0 aliphatic rings. The molecule has 0 bridgehead atoms. The molecule has 2 N–H and O–H groups in total. The van der Waals surface area contributed by atoms with Crippen molar-refractivity contribution in [3.05, 3.63) is 23.4 Å². The highest BCUT2D eigenvalue weighted by Crippen LogP contribution is 2.21. The lowest BCUT2D eigenvalue weighted by molar-refractivity contribution is 0.0691. The molecule has 6 heteroatoms. The number of carboxylic acids is 1. The summed E-state index contributed by atoms with van der Waals surface area (Å²) in [6, 6.07) is 1.74. The number of nitrogens with zero attached hydrogens (tertiary/aromatic N) is 1. The maximum absolute atomic E-state index is 12.0. The van der Waals surface area contributed by atoms with Crippen molar-refractivity contribution in [3.8, 4) is 5.88 Å². The first-order valence-corrected chi connectivity index (χ1v) is 3.23. The minimum atomic E-state index is -2.83. The van der Waals surface area contributed by atoms with Crippen LogP contribution in [0.2, 0.25) is 0 Å². The van der Waals surface area contributed by atoms with Crippen LogP contribution < -0.4 is 0 Å². The molecular weight excluding hydrogens is 184 g/mol. The molecular formula is C7H5F2NO3. The van der Waals surface area contributed by atoms with Crippen molar-refractivity contribution in [2.45, 2.75) is 6.43 Å². The van der Waals surface area contributed by atoms with Crippen molar-refractivity contribution >= 4 is 5.97 Å². The first-order valence-electron chi connectivity index (χ1n) is 3.23. The summed E-state index contributed by atoms with van der Waals surface area (Å²) in [6.45, 7) is 0. The molecule has 0 aliphatic heterocycles. The van der Waals surface area contributed by atoms with Crippen molar-refractivity contribution in [2.75, 3.05) is 0 Å². The second-order valence-corrected chi connectivity index (χ2v) is 2.21. The van der Waals surface area contributed by atoms with E-state index in [0.29, 0.717) is 0 Å². The van der Waals surface area contributed by atoms with Crippen LogP contribution in [-0.4, -0.2) is 21.2 Å². The van der Waals surface area contributed by atoms with E-state index in [0.717, 1.165) is 12.1 Å². The van der Waals surface area contributed by atoms with E-state index in [2.05, 4.69) is 4.98 Å². The van der Waals surface area contributed by atoms with Crippen molar-refractivity contribution in [1.29, 1.82) is 0 Å². The van der Waals surface area contributed by atoms with Crippen LogP contribution in [0.15, 0.2) is 12.1 Å². The summed E-state index contributed by atoms with van der Waals surface area (Å²) in [4.78, 5) is 13.3. The van der Waals surface area contributed by atoms with E-state index in [9.17, 15) is 13.6 Å². The Morgan fingerprint density at radius 1 is 1.46 bits per heavy atom. The summed E-state index contributed by atoms with van der Waals surface area (Å²) in [5.74, 6) is -2.31. The number of hydrogen-bond donors (Lipinski definition) is 2. The molecule has 0 saturated heterocycles. The molecule has 0 aliphatic carbocycles. The number of alkyl halides is 2. The molecule has 4 nitrogen and oxygen atoms in total. The summed E-state index contributed by atoms with van der Waals surface area (Å²) in [5, 5.41) is 17.3. The van der Waals surface area contributed by atoms with E-state index in [4.69, 9.17) is 10.2 Å². The Hall–Kier alpha value is -1.72. The van der Waals surface area contributed by atoms with Crippen LogP contribution in [0, 0.1) is 0 Å². The van der Waals surface area contributed by atoms with Crippen LogP contribution in [-0.2, 0) is 0 Å². The van der Waals surface area contributed by atoms with E-state index in [-0.39, 0.29) is 0 Å². The van der Waals surface area contributed by atoms with E-state index < -0.39 is 29.5 Å². The first-order chi connectivity index (χ1) is 6.02. The summed E-state index contributed by atoms with van der Waals surface area (Å²) < 4.78 is 23.9. The topological polar surface area (TPSA) is 70.4 Å². The Morgan fingerprint density at radius 3 is 2.46 bits per heavy atom. The van der Waals surface area contributed by atoms with Gasteiger partial charge in [-0.1, -0.05) is 0 Å². The highest BCUT2D eigenvalue weighted by molar-refractivity contribution is 5.89. The third-order valence-electron chi connectivity index (χ3n) is 1.35. The van der Waals surface area contributed by atoms with Gasteiger partial charge in [-0.3, -0.25) is 0 Å². The fourth-order valence-corrected chi connectivity index (χ4v) is 0.751. The fraction of sp³-hybridized carbons (Fsp3) is 0.143. The molecule has 0 spiro atoms. The predicted molar refractivity (Wildman–Crippen MR) is 37.8 cm³/mol. The number of aromatic nitrogens is 1. The van der Waals surface area contributed by atoms with Gasteiger partial charge in [-0.15, -0.1) is 0 Å². The molecule has 0 saturated carbocycles. The van der Waals surface area contributed by atoms with Gasteiger partial charge in [-0.2, -0.15) is 0 Å². The summed E-state index contributed by atoms with van der Waals surface area (Å²) in [7, 11) is 0. The highest BCUT2D eigenvalue weighted by atomic mass is 19.3. The molecule has 0 unspecified atom stereocenters. The molecule has 0 aromatic carbocycles. The molecule has 1 heterocycles. The van der Waals surface area contributed by atoms with Gasteiger partial charge in [0.15, 0.2) is 0 Å². The van der Waals surface area contributed by atoms with Crippen LogP contribution in [0.4, 0.5) is 8.78 Å². The molecule has 13 heavy (non-hydrogen) atoms. The summed E-state index contributed by atoms with van der Waals surface area (Å²) in [6.07, 6.45) is -2.83. The number of halogens is 2. The average molecular weight is 189 g/mol. The normalized spacial score (nSPS) is 10.4. The molecule has 1 rings (SSSR count). The molecule has 0 radical (unpaired) electrons. The SMILES string of the molecule is O=C(O)c1ccc(C(F)F)nc1O. The van der Waals surface area contributed by atoms with Crippen molar-refractivity contribution in [3.63, 3.8) is 0 Å². The third kappa shape index (κ3) is 1.90. The van der Waals surface area contributed by atoms with E-state index >= 15 is 0 Å². The second-order valence-electron chi connectivity index (χ2n) is 2.21. The Bertz CT molecular complexity index is 341. The van der Waals surface area contributed by atoms with Crippen molar-refractivity contribution in [1.82, 2.24) is 4.98 Å². The number of pyridine rings is 1. The summed E-state index contributed by atoms with van der Waals surface area (Å²) >= 11 is 0. The average Bonchev–Trinajstić information content (AvgIpc) is 2.03. The zero-order valence-electron chi connectivity index (χ0n) is 6.24. The number of aromatic hydroxyl groups is 1. The van der Waals surface area contributed by atoms with Crippen LogP contribution in [0.5, 0.6) is 5.88 Å². The van der Waals surface area contributed by atoms with Crippen molar-refractivity contribution in [2.24, 2.45) is 0 Å². The Balaban J connectivity index is 3.13. The van der Waals surface area contributed by atoms with Gasteiger partial charge in [0.25, 0.3) is 6.43 Å². The van der Waals surface area contributed by atoms with Gasteiger partial charge in [0.1, 0.15) is 11.3 Å². The minimum Gasteiger partial charge on any atom is -0.493 e. The minimum absolute atomic E-state index is 0.496. The van der Waals surface area contributed by atoms with Gasteiger partial charge in [0, 0.05) is 0 Å². The lowest BCUT2D eigenvalue weighted by atomic mass is 10.2. The quantitative estimate of drug-likeness (QED) is 0.738. The largest absolute Gasteiger partial charge is 0.493 e. The maximum atomic E-state index is 12.0. The Morgan fingerprint density at radius 2 is 2.08 bits per heavy atom. The standard InChI is InChI=1S/C7H5F2NO3/c8-5(9)4-2-1-3(7(12)13)6(11)10-4/h1-2,5H,(H,10,11)(H,12,13). The smallest absolute Gasteiger partial charge is 0.341 e. The van der Waals surface area contributed by atoms with Crippen LogP contribution in [0.3, 0.4) is 0 Å². The van der Waals surface area contributed by atoms with Gasteiger partial charge >= 0.3 is 5.97 Å². The predicted octanol–water partition coefficient (Wildman–Crippen LogP) is 1.42. The molecule has 0 atom stereocenters. The van der Waals surface area contributed by atoms with E-state index in [1.807, 2.05) is 0 Å². The Kier molecular flexibility index (Phi) is 2.41. The van der Waals surface area contributed by atoms with Gasteiger partial charge < -0.3 is 10.2 Å². The van der Waals surface area contributed by atoms with E-state index in [1.165, 1.54) is 0 Å². The molecule has 0 amide bonds. The van der Waals surface area contributed by atoms with Crippen LogP contribution in [0.1, 0.15) is 22.5 Å². The van der Waals surface area contributed by atoms with Gasteiger partial charge in [-0.05, 0) is 12.1 Å². The zero-order valence-corrected chi connectivity index (χ0v) is 6.24. The van der Waals surface area contributed by atoms with Crippen LogP contribution >= 0.6 is 0 Å². The van der Waals surface area contributed by atoms with Gasteiger partial charge in [0.2, 0.25) is 5.88 Å². The lowest BCUT2D eigenvalue weighted by Crippen LogP contribution is -2.00. The number of carboxylic acid groups (broad SMARTS) is 1. The van der Waals surface area contributed by atoms with Crippen LogP contribution in [0.25, 0.3) is 0 Å². The monoisotopic (exact) mass is 189 g/mol. The number of aromatic carboxylic acids is 1. The van der Waals surface area contributed by atoms with Crippen molar-refractivity contribution < 1.29 is 23.8 Å².